The first-order valence-electron chi connectivity index (χ1n) is 10.2. The summed E-state index contributed by atoms with van der Waals surface area (Å²) >= 11 is 0. The van der Waals surface area contributed by atoms with E-state index >= 15 is 0 Å². The number of pyridine rings is 1. The molecule has 0 spiro atoms. The molecule has 0 saturated carbocycles. The average molecular weight is 431 g/mol. The minimum absolute atomic E-state index is 0.0881. The summed E-state index contributed by atoms with van der Waals surface area (Å²) < 4.78 is 24.2. The molecule has 0 radical (unpaired) electrons. The Hall–Kier alpha value is -4.07. The van der Waals surface area contributed by atoms with E-state index in [0.717, 1.165) is 12.1 Å². The fraction of sp³-hybridized carbons (Fsp3) is 0.167. The molecular weight excluding hydrogens is 413 g/mol. The number of anilines is 1. The Balaban J connectivity index is 1.46. The van der Waals surface area contributed by atoms with Crippen LogP contribution in [0.1, 0.15) is 28.9 Å². The van der Waals surface area contributed by atoms with Crippen molar-refractivity contribution in [1.82, 2.24) is 10.1 Å². The van der Waals surface area contributed by atoms with Crippen LogP contribution in [0, 0.1) is 12.7 Å². The summed E-state index contributed by atoms with van der Waals surface area (Å²) in [6.45, 7) is 2.40. The molecule has 2 aromatic heterocycles. The molecule has 0 bridgehead atoms. The minimum atomic E-state index is -0.600. The predicted octanol–water partition coefficient (Wildman–Crippen LogP) is 4.68. The molecule has 160 valence electrons. The highest BCUT2D eigenvalue weighted by Gasteiger charge is 2.23. The third-order valence-electron chi connectivity index (χ3n) is 5.41. The summed E-state index contributed by atoms with van der Waals surface area (Å²) in [7, 11) is 0. The molecule has 32 heavy (non-hydrogen) atoms. The lowest BCUT2D eigenvalue weighted by Gasteiger charge is -2.15. The van der Waals surface area contributed by atoms with Gasteiger partial charge < -0.3 is 14.2 Å². The molecule has 2 aromatic carbocycles. The van der Waals surface area contributed by atoms with Crippen LogP contribution < -0.4 is 9.64 Å². The van der Waals surface area contributed by atoms with Gasteiger partial charge >= 0.3 is 5.97 Å². The number of rotatable bonds is 4. The molecule has 0 aliphatic carbocycles. The van der Waals surface area contributed by atoms with Crippen molar-refractivity contribution >= 4 is 28.7 Å². The molecule has 7 nitrogen and oxygen atoms in total. The summed E-state index contributed by atoms with van der Waals surface area (Å²) in [6, 6.07) is 14.2. The summed E-state index contributed by atoms with van der Waals surface area (Å²) in [5.41, 5.74) is 2.77. The number of esters is 1. The lowest BCUT2D eigenvalue weighted by molar-refractivity contribution is -0.117. The topological polar surface area (TPSA) is 85.5 Å². The van der Waals surface area contributed by atoms with E-state index < -0.39 is 5.97 Å². The summed E-state index contributed by atoms with van der Waals surface area (Å²) in [6.07, 6.45) is 1.38. The molecule has 0 N–H and O–H groups in total. The number of benzene rings is 2. The van der Waals surface area contributed by atoms with Crippen molar-refractivity contribution in [3.63, 3.8) is 0 Å². The van der Waals surface area contributed by atoms with Crippen LogP contribution in [0.25, 0.3) is 22.4 Å². The molecule has 1 aliphatic heterocycles. The first kappa shape index (κ1) is 19.9. The Morgan fingerprint density at radius 3 is 2.56 bits per heavy atom. The lowest BCUT2D eigenvalue weighted by atomic mass is 10.1. The molecule has 1 saturated heterocycles. The van der Waals surface area contributed by atoms with Gasteiger partial charge in [-0.05, 0) is 67.9 Å². The van der Waals surface area contributed by atoms with Crippen LogP contribution in [0.3, 0.4) is 0 Å². The Bertz CT molecular complexity index is 1330. The van der Waals surface area contributed by atoms with E-state index in [-0.39, 0.29) is 23.0 Å². The number of aryl methyl sites for hydroxylation is 1. The van der Waals surface area contributed by atoms with E-state index in [2.05, 4.69) is 10.1 Å². The van der Waals surface area contributed by atoms with Crippen molar-refractivity contribution < 1.29 is 23.2 Å². The van der Waals surface area contributed by atoms with E-state index in [0.29, 0.717) is 41.1 Å². The number of ether oxygens (including phenoxy) is 1. The summed E-state index contributed by atoms with van der Waals surface area (Å²) in [5, 5.41) is 4.37. The molecular formula is C24H18FN3O4. The predicted molar refractivity (Wildman–Crippen MR) is 115 cm³/mol. The molecule has 1 fully saturated rings. The maximum absolute atomic E-state index is 13.3. The Morgan fingerprint density at radius 2 is 1.88 bits per heavy atom. The Kier molecular flexibility index (Phi) is 4.89. The van der Waals surface area contributed by atoms with E-state index in [4.69, 9.17) is 9.26 Å². The van der Waals surface area contributed by atoms with Gasteiger partial charge in [-0.1, -0.05) is 5.16 Å². The molecule has 1 amide bonds. The van der Waals surface area contributed by atoms with Gasteiger partial charge in [0.25, 0.3) is 5.71 Å². The largest absolute Gasteiger partial charge is 0.423 e. The van der Waals surface area contributed by atoms with Crippen molar-refractivity contribution in [2.75, 3.05) is 11.4 Å². The second-order valence-corrected chi connectivity index (χ2v) is 7.54. The van der Waals surface area contributed by atoms with E-state index in [1.807, 2.05) is 0 Å². The smallest absolute Gasteiger partial charge is 0.344 e. The fourth-order valence-corrected chi connectivity index (χ4v) is 3.80. The van der Waals surface area contributed by atoms with Crippen molar-refractivity contribution in [3.05, 3.63) is 71.7 Å². The van der Waals surface area contributed by atoms with Crippen LogP contribution in [-0.2, 0) is 4.79 Å². The first-order valence-corrected chi connectivity index (χ1v) is 10.2. The normalized spacial score (nSPS) is 13.7. The first-order chi connectivity index (χ1) is 15.5. The van der Waals surface area contributed by atoms with Gasteiger partial charge in [-0.3, -0.25) is 4.79 Å². The Labute approximate surface area is 182 Å². The monoisotopic (exact) mass is 431 g/mol. The van der Waals surface area contributed by atoms with Gasteiger partial charge in [-0.25, -0.2) is 14.2 Å². The lowest BCUT2D eigenvalue weighted by Crippen LogP contribution is -2.23. The number of fused-ring (bicyclic) bond motifs is 1. The highest BCUT2D eigenvalue weighted by atomic mass is 19.1. The summed E-state index contributed by atoms with van der Waals surface area (Å²) in [4.78, 5) is 31.1. The number of aromatic nitrogens is 2. The van der Waals surface area contributed by atoms with Crippen LogP contribution in [-0.4, -0.2) is 28.6 Å². The molecule has 8 heteroatoms. The third kappa shape index (κ3) is 3.60. The van der Waals surface area contributed by atoms with Crippen molar-refractivity contribution in [2.24, 2.45) is 0 Å². The molecule has 5 rings (SSSR count). The van der Waals surface area contributed by atoms with Crippen molar-refractivity contribution in [1.29, 1.82) is 0 Å². The van der Waals surface area contributed by atoms with Crippen LogP contribution in [0.4, 0.5) is 10.1 Å². The molecule has 0 atom stereocenters. The zero-order chi connectivity index (χ0) is 22.2. The summed E-state index contributed by atoms with van der Waals surface area (Å²) in [5.74, 6) is -0.543. The zero-order valence-corrected chi connectivity index (χ0v) is 17.2. The molecule has 3 heterocycles. The number of carbonyl (C=O) groups is 2. The Morgan fingerprint density at radius 1 is 1.12 bits per heavy atom. The van der Waals surface area contributed by atoms with Gasteiger partial charge in [-0.2, -0.15) is 0 Å². The number of hydrogen-bond donors (Lipinski definition) is 0. The highest BCUT2D eigenvalue weighted by molar-refractivity contribution is 6.05. The van der Waals surface area contributed by atoms with Gasteiger partial charge in [0.2, 0.25) is 5.91 Å². The van der Waals surface area contributed by atoms with Crippen LogP contribution in [0.15, 0.2) is 59.1 Å². The second kappa shape index (κ2) is 7.88. The second-order valence-electron chi connectivity index (χ2n) is 7.54. The molecule has 4 aromatic rings. The van der Waals surface area contributed by atoms with Gasteiger partial charge in [0.05, 0.1) is 22.3 Å². The van der Waals surface area contributed by atoms with Crippen LogP contribution in [0.5, 0.6) is 5.75 Å². The number of hydrogen-bond acceptors (Lipinski definition) is 6. The number of carbonyl (C=O) groups excluding carboxylic acids is 2. The van der Waals surface area contributed by atoms with Gasteiger partial charge in [-0.15, -0.1) is 0 Å². The maximum Gasteiger partial charge on any atom is 0.344 e. The van der Waals surface area contributed by atoms with Gasteiger partial charge in [0, 0.05) is 24.2 Å². The van der Waals surface area contributed by atoms with Gasteiger partial charge in [0.1, 0.15) is 11.6 Å². The number of nitrogens with zero attached hydrogens (tertiary/aromatic N) is 3. The van der Waals surface area contributed by atoms with Crippen molar-refractivity contribution in [2.45, 2.75) is 19.8 Å². The van der Waals surface area contributed by atoms with E-state index in [9.17, 15) is 14.0 Å². The number of amides is 1. The van der Waals surface area contributed by atoms with Gasteiger partial charge in [0.15, 0.2) is 0 Å². The molecule has 0 unspecified atom stereocenters. The zero-order valence-electron chi connectivity index (χ0n) is 17.2. The fourth-order valence-electron chi connectivity index (χ4n) is 3.80. The van der Waals surface area contributed by atoms with Crippen LogP contribution in [0.2, 0.25) is 0 Å². The highest BCUT2D eigenvalue weighted by Crippen LogP contribution is 2.29. The van der Waals surface area contributed by atoms with Crippen LogP contribution >= 0.6 is 0 Å². The van der Waals surface area contributed by atoms with E-state index in [1.54, 1.807) is 54.3 Å². The quantitative estimate of drug-likeness (QED) is 0.344. The maximum atomic E-state index is 13.3. The number of halogens is 1. The van der Waals surface area contributed by atoms with E-state index in [1.165, 1.54) is 12.1 Å². The van der Waals surface area contributed by atoms with Crippen molar-refractivity contribution in [3.8, 4) is 17.0 Å². The standard InChI is InChI=1S/C24H18FN3O4/c1-14-22-19(13-20(26-23(22)32-27-14)15-4-6-16(25)7-5-15)24(30)31-18-10-8-17(9-11-18)28-12-2-3-21(28)29/h4-11,13H,2-3,12H2,1H3. The SMILES string of the molecule is Cc1noc2nc(-c3ccc(F)cc3)cc(C(=O)Oc3ccc(N4CCCC4=O)cc3)c12. The third-order valence-corrected chi connectivity index (χ3v) is 5.41. The minimum Gasteiger partial charge on any atom is -0.423 e. The average Bonchev–Trinajstić information content (AvgIpc) is 3.40. The molecule has 1 aliphatic rings.